The molecule has 1 aromatic rings. The number of hydrogen-bond donors (Lipinski definition) is 1. The van der Waals surface area contributed by atoms with E-state index in [0.29, 0.717) is 6.04 Å². The SMILES string of the molecule is Brc1cnc(CNC2CC=CC2)s1. The fraction of sp³-hybridized carbons (Fsp3) is 0.444. The van der Waals surface area contributed by atoms with Gasteiger partial charge in [0.15, 0.2) is 0 Å². The summed E-state index contributed by atoms with van der Waals surface area (Å²) < 4.78 is 1.11. The molecule has 0 fully saturated rings. The number of nitrogens with one attached hydrogen (secondary N) is 1. The monoisotopic (exact) mass is 258 g/mol. The predicted octanol–water partition coefficient (Wildman–Crippen LogP) is 2.71. The first-order valence-corrected chi connectivity index (χ1v) is 5.94. The second-order valence-corrected chi connectivity index (χ2v) is 5.57. The van der Waals surface area contributed by atoms with Crippen molar-refractivity contribution in [2.45, 2.75) is 25.4 Å². The zero-order valence-electron chi connectivity index (χ0n) is 7.16. The summed E-state index contributed by atoms with van der Waals surface area (Å²) in [6.45, 7) is 0.891. The lowest BCUT2D eigenvalue weighted by atomic mass is 10.2. The van der Waals surface area contributed by atoms with Crippen LogP contribution in [-0.2, 0) is 6.54 Å². The summed E-state index contributed by atoms with van der Waals surface area (Å²) in [6.07, 6.45) is 8.64. The molecule has 0 aliphatic heterocycles. The Morgan fingerprint density at radius 2 is 2.31 bits per heavy atom. The van der Waals surface area contributed by atoms with Crippen LogP contribution in [0.5, 0.6) is 0 Å². The van der Waals surface area contributed by atoms with E-state index in [9.17, 15) is 0 Å². The number of rotatable bonds is 3. The number of halogens is 1. The normalized spacial score (nSPS) is 17.0. The van der Waals surface area contributed by atoms with Gasteiger partial charge in [0, 0.05) is 12.6 Å². The van der Waals surface area contributed by atoms with E-state index in [2.05, 4.69) is 38.4 Å². The first-order valence-electron chi connectivity index (χ1n) is 4.33. The maximum absolute atomic E-state index is 4.27. The lowest BCUT2D eigenvalue weighted by Crippen LogP contribution is -2.25. The van der Waals surface area contributed by atoms with E-state index in [-0.39, 0.29) is 0 Å². The van der Waals surface area contributed by atoms with Crippen molar-refractivity contribution < 1.29 is 0 Å². The fourth-order valence-corrected chi connectivity index (χ4v) is 2.64. The summed E-state index contributed by atoms with van der Waals surface area (Å²) >= 11 is 5.10. The van der Waals surface area contributed by atoms with Crippen LogP contribution in [0.1, 0.15) is 17.8 Å². The molecule has 0 atom stereocenters. The van der Waals surface area contributed by atoms with E-state index < -0.39 is 0 Å². The number of nitrogens with zero attached hydrogens (tertiary/aromatic N) is 1. The highest BCUT2D eigenvalue weighted by atomic mass is 79.9. The molecule has 70 valence electrons. The van der Waals surface area contributed by atoms with E-state index in [1.165, 1.54) is 0 Å². The first kappa shape index (κ1) is 9.37. The van der Waals surface area contributed by atoms with Crippen molar-refractivity contribution in [3.05, 3.63) is 27.1 Å². The summed E-state index contributed by atoms with van der Waals surface area (Å²) in [6, 6.07) is 0.627. The van der Waals surface area contributed by atoms with Crippen LogP contribution in [0, 0.1) is 0 Å². The Balaban J connectivity index is 1.79. The molecule has 4 heteroatoms. The molecule has 1 aromatic heterocycles. The molecule has 0 saturated heterocycles. The van der Waals surface area contributed by atoms with Crippen molar-refractivity contribution in [1.29, 1.82) is 0 Å². The van der Waals surface area contributed by atoms with Gasteiger partial charge in [-0.1, -0.05) is 12.2 Å². The molecule has 2 rings (SSSR count). The Labute approximate surface area is 90.2 Å². The molecule has 0 bridgehead atoms. The van der Waals surface area contributed by atoms with Crippen LogP contribution in [-0.4, -0.2) is 11.0 Å². The van der Waals surface area contributed by atoms with Crippen LogP contribution in [0.25, 0.3) is 0 Å². The van der Waals surface area contributed by atoms with Gasteiger partial charge in [-0.05, 0) is 28.8 Å². The molecule has 0 saturated carbocycles. The zero-order valence-corrected chi connectivity index (χ0v) is 9.57. The van der Waals surface area contributed by atoms with Crippen LogP contribution in [0.3, 0.4) is 0 Å². The highest BCUT2D eigenvalue weighted by Crippen LogP contribution is 2.19. The van der Waals surface area contributed by atoms with Crippen LogP contribution in [0.4, 0.5) is 0 Å². The predicted molar refractivity (Wildman–Crippen MR) is 58.8 cm³/mol. The van der Waals surface area contributed by atoms with Gasteiger partial charge in [0.2, 0.25) is 0 Å². The lowest BCUT2D eigenvalue weighted by Gasteiger charge is -2.09. The van der Waals surface area contributed by atoms with Gasteiger partial charge in [-0.3, -0.25) is 0 Å². The average Bonchev–Trinajstić information content (AvgIpc) is 2.71. The quantitative estimate of drug-likeness (QED) is 0.844. The van der Waals surface area contributed by atoms with Gasteiger partial charge in [-0.25, -0.2) is 4.98 Å². The van der Waals surface area contributed by atoms with E-state index in [4.69, 9.17) is 0 Å². The van der Waals surface area contributed by atoms with Crippen molar-refractivity contribution in [2.24, 2.45) is 0 Å². The summed E-state index contributed by atoms with van der Waals surface area (Å²) in [7, 11) is 0. The minimum atomic E-state index is 0.627. The molecule has 0 amide bonds. The third-order valence-electron chi connectivity index (χ3n) is 2.08. The van der Waals surface area contributed by atoms with Gasteiger partial charge < -0.3 is 5.32 Å². The van der Waals surface area contributed by atoms with Crippen LogP contribution in [0.15, 0.2) is 22.1 Å². The maximum atomic E-state index is 4.27. The topological polar surface area (TPSA) is 24.9 Å². The highest BCUT2D eigenvalue weighted by Gasteiger charge is 2.09. The van der Waals surface area contributed by atoms with Crippen LogP contribution in [0.2, 0.25) is 0 Å². The second kappa shape index (κ2) is 4.35. The van der Waals surface area contributed by atoms with Crippen molar-refractivity contribution in [3.8, 4) is 0 Å². The van der Waals surface area contributed by atoms with E-state index >= 15 is 0 Å². The third kappa shape index (κ3) is 2.62. The number of aromatic nitrogens is 1. The van der Waals surface area contributed by atoms with Gasteiger partial charge in [0.25, 0.3) is 0 Å². The average molecular weight is 259 g/mol. The first-order chi connectivity index (χ1) is 6.34. The second-order valence-electron chi connectivity index (χ2n) is 3.08. The maximum Gasteiger partial charge on any atom is 0.107 e. The molecular weight excluding hydrogens is 248 g/mol. The minimum Gasteiger partial charge on any atom is -0.307 e. The summed E-state index contributed by atoms with van der Waals surface area (Å²) in [5, 5.41) is 4.63. The summed E-state index contributed by atoms with van der Waals surface area (Å²) in [5.74, 6) is 0. The molecule has 13 heavy (non-hydrogen) atoms. The standard InChI is InChI=1S/C9H11BrN2S/c10-8-5-12-9(13-8)6-11-7-3-1-2-4-7/h1-2,5,7,11H,3-4,6H2. The van der Waals surface area contributed by atoms with Gasteiger partial charge >= 0.3 is 0 Å². The Hall–Kier alpha value is -0.190. The highest BCUT2D eigenvalue weighted by molar-refractivity contribution is 9.11. The summed E-state index contributed by atoms with van der Waals surface area (Å²) in [5.41, 5.74) is 0. The zero-order chi connectivity index (χ0) is 9.10. The van der Waals surface area contributed by atoms with E-state index in [0.717, 1.165) is 28.2 Å². The molecule has 0 aromatic carbocycles. The minimum absolute atomic E-state index is 0.627. The lowest BCUT2D eigenvalue weighted by molar-refractivity contribution is 0.537. The van der Waals surface area contributed by atoms with Crippen LogP contribution < -0.4 is 5.32 Å². The van der Waals surface area contributed by atoms with Gasteiger partial charge in [-0.2, -0.15) is 0 Å². The Morgan fingerprint density at radius 1 is 1.54 bits per heavy atom. The van der Waals surface area contributed by atoms with Crippen molar-refractivity contribution >= 4 is 27.3 Å². The molecular formula is C9H11BrN2S. The Kier molecular flexibility index (Phi) is 3.14. The third-order valence-corrected chi connectivity index (χ3v) is 3.55. The van der Waals surface area contributed by atoms with E-state index in [1.807, 2.05) is 6.20 Å². The Morgan fingerprint density at radius 3 is 2.92 bits per heavy atom. The van der Waals surface area contributed by atoms with Gasteiger partial charge in [0.05, 0.1) is 9.98 Å². The molecule has 0 radical (unpaired) electrons. The molecule has 2 nitrogen and oxygen atoms in total. The summed E-state index contributed by atoms with van der Waals surface area (Å²) in [4.78, 5) is 4.27. The van der Waals surface area contributed by atoms with Crippen molar-refractivity contribution in [1.82, 2.24) is 10.3 Å². The van der Waals surface area contributed by atoms with Gasteiger partial charge in [-0.15, -0.1) is 11.3 Å². The molecule has 1 aliphatic rings. The molecule has 1 heterocycles. The number of thiazole rings is 1. The fourth-order valence-electron chi connectivity index (χ4n) is 1.39. The molecule has 0 spiro atoms. The van der Waals surface area contributed by atoms with Crippen LogP contribution >= 0.6 is 27.3 Å². The Bertz CT molecular complexity index is 300. The van der Waals surface area contributed by atoms with E-state index in [1.54, 1.807) is 11.3 Å². The smallest absolute Gasteiger partial charge is 0.107 e. The molecule has 1 aliphatic carbocycles. The number of hydrogen-bond acceptors (Lipinski definition) is 3. The molecule has 0 unspecified atom stereocenters. The largest absolute Gasteiger partial charge is 0.307 e. The van der Waals surface area contributed by atoms with Crippen molar-refractivity contribution in [3.63, 3.8) is 0 Å². The molecule has 1 N–H and O–H groups in total. The van der Waals surface area contributed by atoms with Crippen molar-refractivity contribution in [2.75, 3.05) is 0 Å². The van der Waals surface area contributed by atoms with Gasteiger partial charge in [0.1, 0.15) is 5.01 Å².